The molecule has 3 rings (SSSR count). The van der Waals surface area contributed by atoms with Crippen LogP contribution in [0.15, 0.2) is 0 Å². The molecule has 2 bridgehead atoms. The molecular formula is C18H34N2. The molecule has 3 aliphatic rings. The van der Waals surface area contributed by atoms with Gasteiger partial charge in [0.15, 0.2) is 0 Å². The fraction of sp³-hybridized carbons (Fsp3) is 1.00. The molecule has 0 spiro atoms. The van der Waals surface area contributed by atoms with Gasteiger partial charge >= 0.3 is 0 Å². The van der Waals surface area contributed by atoms with Gasteiger partial charge in [-0.1, -0.05) is 33.6 Å². The zero-order chi connectivity index (χ0) is 14.1. The third-order valence-corrected chi connectivity index (χ3v) is 6.35. The topological polar surface area (TPSA) is 15.3 Å². The van der Waals surface area contributed by atoms with Crippen LogP contribution in [0.2, 0.25) is 0 Å². The Morgan fingerprint density at radius 1 is 1.00 bits per heavy atom. The highest BCUT2D eigenvalue weighted by atomic mass is 15.2. The molecule has 20 heavy (non-hydrogen) atoms. The second-order valence-electron chi connectivity index (χ2n) is 7.85. The van der Waals surface area contributed by atoms with Gasteiger partial charge in [-0.25, -0.2) is 0 Å². The van der Waals surface area contributed by atoms with Gasteiger partial charge in [0, 0.05) is 24.2 Å². The number of nitrogens with one attached hydrogen (secondary N) is 1. The van der Waals surface area contributed by atoms with E-state index < -0.39 is 0 Å². The minimum Gasteiger partial charge on any atom is -0.311 e. The first kappa shape index (κ1) is 14.8. The summed E-state index contributed by atoms with van der Waals surface area (Å²) in [5.74, 6) is 1.80. The van der Waals surface area contributed by atoms with Crippen molar-refractivity contribution in [3.05, 3.63) is 0 Å². The predicted molar refractivity (Wildman–Crippen MR) is 85.9 cm³/mol. The molecule has 116 valence electrons. The van der Waals surface area contributed by atoms with Crippen LogP contribution in [0.4, 0.5) is 0 Å². The number of fused-ring (bicyclic) bond motifs is 2. The summed E-state index contributed by atoms with van der Waals surface area (Å²) in [6.45, 7) is 8.56. The molecule has 1 saturated carbocycles. The molecule has 2 saturated heterocycles. The van der Waals surface area contributed by atoms with E-state index in [1.54, 1.807) is 0 Å². The molecule has 0 aromatic rings. The number of rotatable bonds is 4. The lowest BCUT2D eigenvalue weighted by Crippen LogP contribution is -2.54. The molecule has 0 aromatic heterocycles. The van der Waals surface area contributed by atoms with E-state index >= 15 is 0 Å². The summed E-state index contributed by atoms with van der Waals surface area (Å²) in [5, 5.41) is 3.81. The highest BCUT2D eigenvalue weighted by Gasteiger charge is 2.40. The van der Waals surface area contributed by atoms with Crippen LogP contribution in [0.25, 0.3) is 0 Å². The van der Waals surface area contributed by atoms with Crippen molar-refractivity contribution >= 4 is 0 Å². The number of piperidine rings is 1. The Labute approximate surface area is 125 Å². The maximum atomic E-state index is 3.81. The average molecular weight is 278 g/mol. The predicted octanol–water partition coefficient (Wildman–Crippen LogP) is 3.81. The molecular weight excluding hydrogens is 244 g/mol. The van der Waals surface area contributed by atoms with E-state index in [0.717, 1.165) is 36.0 Å². The number of hydrogen-bond acceptors (Lipinski definition) is 2. The first-order valence-electron chi connectivity index (χ1n) is 9.20. The Balaban J connectivity index is 1.71. The summed E-state index contributed by atoms with van der Waals surface area (Å²) in [6, 6.07) is 3.39. The first-order valence-corrected chi connectivity index (χ1v) is 9.20. The second kappa shape index (κ2) is 6.36. The highest BCUT2D eigenvalue weighted by Crippen LogP contribution is 2.38. The summed E-state index contributed by atoms with van der Waals surface area (Å²) in [6.07, 6.45) is 11.5. The van der Waals surface area contributed by atoms with Crippen LogP contribution in [0, 0.1) is 11.8 Å². The van der Waals surface area contributed by atoms with E-state index in [0.29, 0.717) is 0 Å². The average Bonchev–Trinajstić information content (AvgIpc) is 2.79. The van der Waals surface area contributed by atoms with E-state index in [-0.39, 0.29) is 0 Å². The maximum absolute atomic E-state index is 3.81. The zero-order valence-corrected chi connectivity index (χ0v) is 13.8. The van der Waals surface area contributed by atoms with Gasteiger partial charge in [0.05, 0.1) is 0 Å². The van der Waals surface area contributed by atoms with E-state index in [2.05, 4.69) is 31.0 Å². The molecule has 0 amide bonds. The SMILES string of the molecule is CCN(C1CC2CCC(C1)N2)C1CCCCC1C(C)C. The van der Waals surface area contributed by atoms with Gasteiger partial charge in [0.1, 0.15) is 0 Å². The molecule has 2 aliphatic heterocycles. The summed E-state index contributed by atoms with van der Waals surface area (Å²) in [5.41, 5.74) is 0. The van der Waals surface area contributed by atoms with Crippen molar-refractivity contribution < 1.29 is 0 Å². The molecule has 3 fully saturated rings. The largest absolute Gasteiger partial charge is 0.311 e. The summed E-state index contributed by atoms with van der Waals surface area (Å²) in [4.78, 5) is 2.93. The monoisotopic (exact) mass is 278 g/mol. The minimum atomic E-state index is 0.828. The molecule has 2 nitrogen and oxygen atoms in total. The fourth-order valence-corrected chi connectivity index (χ4v) is 5.39. The van der Waals surface area contributed by atoms with Crippen LogP contribution < -0.4 is 5.32 Å². The Kier molecular flexibility index (Phi) is 4.72. The first-order chi connectivity index (χ1) is 9.69. The van der Waals surface area contributed by atoms with Crippen molar-refractivity contribution in [2.75, 3.05) is 6.54 Å². The van der Waals surface area contributed by atoms with Crippen LogP contribution in [0.1, 0.15) is 72.1 Å². The van der Waals surface area contributed by atoms with Gasteiger partial charge in [-0.2, -0.15) is 0 Å². The van der Waals surface area contributed by atoms with Gasteiger partial charge in [-0.15, -0.1) is 0 Å². The molecule has 2 heteroatoms. The van der Waals surface area contributed by atoms with Gasteiger partial charge in [-0.3, -0.25) is 4.90 Å². The van der Waals surface area contributed by atoms with Crippen LogP contribution in [0.5, 0.6) is 0 Å². The normalized spacial score (nSPS) is 41.5. The summed E-state index contributed by atoms with van der Waals surface area (Å²) < 4.78 is 0. The van der Waals surface area contributed by atoms with Crippen molar-refractivity contribution in [3.63, 3.8) is 0 Å². The number of hydrogen-bond donors (Lipinski definition) is 1. The van der Waals surface area contributed by atoms with E-state index in [1.165, 1.54) is 57.9 Å². The van der Waals surface area contributed by atoms with Crippen molar-refractivity contribution in [1.29, 1.82) is 0 Å². The van der Waals surface area contributed by atoms with Gasteiger partial charge < -0.3 is 5.32 Å². The summed E-state index contributed by atoms with van der Waals surface area (Å²) in [7, 11) is 0. The molecule has 4 atom stereocenters. The molecule has 0 aromatic carbocycles. The molecule has 1 N–H and O–H groups in total. The maximum Gasteiger partial charge on any atom is 0.0129 e. The van der Waals surface area contributed by atoms with Crippen LogP contribution in [-0.2, 0) is 0 Å². The van der Waals surface area contributed by atoms with Crippen molar-refractivity contribution in [1.82, 2.24) is 10.2 Å². The lowest BCUT2D eigenvalue weighted by Gasteiger charge is -2.47. The Morgan fingerprint density at radius 3 is 2.25 bits per heavy atom. The summed E-state index contributed by atoms with van der Waals surface area (Å²) >= 11 is 0. The number of nitrogens with zero attached hydrogens (tertiary/aromatic N) is 1. The minimum absolute atomic E-state index is 0.828. The van der Waals surface area contributed by atoms with Crippen molar-refractivity contribution in [2.24, 2.45) is 11.8 Å². The molecule has 2 heterocycles. The second-order valence-corrected chi connectivity index (χ2v) is 7.85. The Hall–Kier alpha value is -0.0800. The van der Waals surface area contributed by atoms with Gasteiger partial charge in [-0.05, 0) is 56.9 Å². The van der Waals surface area contributed by atoms with E-state index in [9.17, 15) is 0 Å². The van der Waals surface area contributed by atoms with Crippen molar-refractivity contribution in [2.45, 2.75) is 96.3 Å². The van der Waals surface area contributed by atoms with Crippen LogP contribution in [0.3, 0.4) is 0 Å². The van der Waals surface area contributed by atoms with E-state index in [1.807, 2.05) is 0 Å². The third-order valence-electron chi connectivity index (χ3n) is 6.35. The molecule has 0 radical (unpaired) electrons. The Bertz CT molecular complexity index is 303. The van der Waals surface area contributed by atoms with Crippen molar-refractivity contribution in [3.8, 4) is 0 Å². The van der Waals surface area contributed by atoms with Crippen LogP contribution >= 0.6 is 0 Å². The fourth-order valence-electron chi connectivity index (χ4n) is 5.39. The van der Waals surface area contributed by atoms with Gasteiger partial charge in [0.2, 0.25) is 0 Å². The third kappa shape index (κ3) is 2.92. The standard InChI is InChI=1S/C18H34N2/c1-4-20(16-11-14-9-10-15(12-16)19-14)18-8-6-5-7-17(18)13(2)3/h13-19H,4-12H2,1-3H3. The smallest absolute Gasteiger partial charge is 0.0129 e. The molecule has 1 aliphatic carbocycles. The lowest BCUT2D eigenvalue weighted by atomic mass is 9.76. The molecule has 4 unspecified atom stereocenters. The quantitative estimate of drug-likeness (QED) is 0.841. The van der Waals surface area contributed by atoms with E-state index in [4.69, 9.17) is 0 Å². The van der Waals surface area contributed by atoms with Gasteiger partial charge in [0.25, 0.3) is 0 Å². The zero-order valence-electron chi connectivity index (χ0n) is 13.8. The van der Waals surface area contributed by atoms with Crippen LogP contribution in [-0.4, -0.2) is 35.6 Å². The highest BCUT2D eigenvalue weighted by molar-refractivity contribution is 4.98. The lowest BCUT2D eigenvalue weighted by molar-refractivity contribution is 0.0295. The Morgan fingerprint density at radius 2 is 1.65 bits per heavy atom.